The van der Waals surface area contributed by atoms with Crippen LogP contribution in [0, 0.1) is 19.7 Å². The molecule has 0 spiro atoms. The molecule has 9 heteroatoms. The fourth-order valence-corrected chi connectivity index (χ4v) is 4.38. The van der Waals surface area contributed by atoms with E-state index in [9.17, 15) is 18.8 Å². The van der Waals surface area contributed by atoms with Gasteiger partial charge in [0.2, 0.25) is 5.91 Å². The molecule has 0 radical (unpaired) electrons. The number of halogens is 1. The number of anilines is 1. The van der Waals surface area contributed by atoms with Crippen LogP contribution in [0.1, 0.15) is 32.7 Å². The van der Waals surface area contributed by atoms with E-state index < -0.39 is 11.7 Å². The summed E-state index contributed by atoms with van der Waals surface area (Å²) in [6.45, 7) is 3.91. The maximum atomic E-state index is 14.7. The standard InChI is InChI=1S/C27H24FN5O3/c1-16-17(2)26(35)31-30-24(16)12-18-7-8-22(28)21(11-18)27(36)32-9-10-33(25(34)15-32)20-13-19-5-3-4-6-23(19)29-14-20/h3-8,11,13-14H,9-10,12,15H2,1-2H3,(H,31,35). The van der Waals surface area contributed by atoms with Crippen molar-refractivity contribution in [3.8, 4) is 0 Å². The third-order valence-corrected chi connectivity index (χ3v) is 6.66. The van der Waals surface area contributed by atoms with Gasteiger partial charge in [-0.3, -0.25) is 19.4 Å². The second-order valence-electron chi connectivity index (χ2n) is 8.90. The van der Waals surface area contributed by atoms with E-state index in [0.717, 1.165) is 16.5 Å². The highest BCUT2D eigenvalue weighted by Gasteiger charge is 2.30. The Balaban J connectivity index is 1.33. The van der Waals surface area contributed by atoms with Crippen LogP contribution in [0.2, 0.25) is 0 Å². The lowest BCUT2D eigenvalue weighted by Gasteiger charge is -2.34. The van der Waals surface area contributed by atoms with Gasteiger partial charge in [-0.2, -0.15) is 5.10 Å². The molecule has 1 aliphatic heterocycles. The molecule has 0 atom stereocenters. The summed E-state index contributed by atoms with van der Waals surface area (Å²) >= 11 is 0. The summed E-state index contributed by atoms with van der Waals surface area (Å²) < 4.78 is 14.7. The van der Waals surface area contributed by atoms with E-state index >= 15 is 0 Å². The largest absolute Gasteiger partial charge is 0.327 e. The highest BCUT2D eigenvalue weighted by atomic mass is 19.1. The Hall–Kier alpha value is -4.40. The fraction of sp³-hybridized carbons (Fsp3) is 0.222. The molecule has 2 amide bonds. The number of nitrogens with one attached hydrogen (secondary N) is 1. The minimum absolute atomic E-state index is 0.0973. The number of aromatic nitrogens is 3. The van der Waals surface area contributed by atoms with Crippen molar-refractivity contribution in [2.24, 2.45) is 0 Å². The average molecular weight is 486 g/mol. The molecule has 8 nitrogen and oxygen atoms in total. The summed E-state index contributed by atoms with van der Waals surface area (Å²) in [4.78, 5) is 45.3. The van der Waals surface area contributed by atoms with Crippen molar-refractivity contribution >= 4 is 28.4 Å². The van der Waals surface area contributed by atoms with Gasteiger partial charge in [0.25, 0.3) is 11.5 Å². The number of nitrogens with zero attached hydrogens (tertiary/aromatic N) is 4. The molecule has 2 aromatic heterocycles. The quantitative estimate of drug-likeness (QED) is 0.479. The van der Waals surface area contributed by atoms with Crippen LogP contribution < -0.4 is 10.5 Å². The molecular formula is C27H24FN5O3. The van der Waals surface area contributed by atoms with Crippen molar-refractivity contribution in [3.63, 3.8) is 0 Å². The number of rotatable bonds is 4. The predicted octanol–water partition coefficient (Wildman–Crippen LogP) is 3.15. The van der Waals surface area contributed by atoms with Crippen LogP contribution in [0.25, 0.3) is 10.9 Å². The molecule has 182 valence electrons. The Morgan fingerprint density at radius 2 is 1.86 bits per heavy atom. The molecule has 2 aromatic carbocycles. The Morgan fingerprint density at radius 1 is 1.06 bits per heavy atom. The Bertz CT molecular complexity index is 1570. The molecule has 3 heterocycles. The van der Waals surface area contributed by atoms with Crippen molar-refractivity contribution in [1.82, 2.24) is 20.1 Å². The van der Waals surface area contributed by atoms with E-state index in [1.807, 2.05) is 30.3 Å². The molecule has 1 saturated heterocycles. The van der Waals surface area contributed by atoms with Gasteiger partial charge in [0, 0.05) is 30.5 Å². The van der Waals surface area contributed by atoms with E-state index in [-0.39, 0.29) is 36.7 Å². The lowest BCUT2D eigenvalue weighted by molar-refractivity contribution is -0.120. The highest BCUT2D eigenvalue weighted by molar-refractivity contribution is 6.02. The summed E-state index contributed by atoms with van der Waals surface area (Å²) in [5, 5.41) is 7.48. The second-order valence-corrected chi connectivity index (χ2v) is 8.90. The lowest BCUT2D eigenvalue weighted by atomic mass is 10.0. The van der Waals surface area contributed by atoms with Crippen molar-refractivity contribution < 1.29 is 14.0 Å². The Morgan fingerprint density at radius 3 is 2.67 bits per heavy atom. The molecular weight excluding hydrogens is 461 g/mol. The van der Waals surface area contributed by atoms with Crippen molar-refractivity contribution in [3.05, 3.63) is 98.8 Å². The zero-order valence-corrected chi connectivity index (χ0v) is 19.9. The number of carbonyl (C=O) groups excluding carboxylic acids is 2. The molecule has 1 aliphatic rings. The average Bonchev–Trinajstić information content (AvgIpc) is 2.89. The predicted molar refractivity (Wildman–Crippen MR) is 134 cm³/mol. The minimum atomic E-state index is -0.653. The van der Waals surface area contributed by atoms with Gasteiger partial charge in [0.1, 0.15) is 12.4 Å². The van der Waals surface area contributed by atoms with Crippen LogP contribution >= 0.6 is 0 Å². The zero-order chi connectivity index (χ0) is 25.4. The maximum Gasteiger partial charge on any atom is 0.267 e. The third-order valence-electron chi connectivity index (χ3n) is 6.66. The van der Waals surface area contributed by atoms with Crippen molar-refractivity contribution in [2.75, 3.05) is 24.5 Å². The number of hydrogen-bond donors (Lipinski definition) is 1. The number of hydrogen-bond acceptors (Lipinski definition) is 5. The van der Waals surface area contributed by atoms with Gasteiger partial charge in [-0.05, 0) is 49.2 Å². The number of amides is 2. The molecule has 1 N–H and O–H groups in total. The van der Waals surface area contributed by atoms with E-state index in [1.165, 1.54) is 17.0 Å². The number of para-hydroxylation sites is 1. The summed E-state index contributed by atoms with van der Waals surface area (Å²) in [6, 6.07) is 13.9. The molecule has 5 rings (SSSR count). The van der Waals surface area contributed by atoms with Gasteiger partial charge in [0.05, 0.1) is 28.7 Å². The van der Waals surface area contributed by atoms with Gasteiger partial charge in [-0.15, -0.1) is 0 Å². The summed E-state index contributed by atoms with van der Waals surface area (Å²) in [7, 11) is 0. The van der Waals surface area contributed by atoms with Gasteiger partial charge in [0.15, 0.2) is 0 Å². The van der Waals surface area contributed by atoms with Crippen molar-refractivity contribution in [2.45, 2.75) is 20.3 Å². The van der Waals surface area contributed by atoms with Crippen LogP contribution in [-0.4, -0.2) is 51.5 Å². The zero-order valence-electron chi connectivity index (χ0n) is 19.9. The van der Waals surface area contributed by atoms with Crippen LogP contribution in [0.15, 0.2) is 59.5 Å². The first-order chi connectivity index (χ1) is 17.3. The number of H-pyrrole nitrogens is 1. The Labute approximate surface area is 206 Å². The molecule has 0 aliphatic carbocycles. The number of pyridine rings is 1. The van der Waals surface area contributed by atoms with E-state index in [2.05, 4.69) is 15.2 Å². The topological polar surface area (TPSA) is 99.3 Å². The molecule has 0 bridgehead atoms. The van der Waals surface area contributed by atoms with E-state index in [0.29, 0.717) is 28.9 Å². The first-order valence-electron chi connectivity index (χ1n) is 11.6. The van der Waals surface area contributed by atoms with Crippen molar-refractivity contribution in [1.29, 1.82) is 0 Å². The fourth-order valence-electron chi connectivity index (χ4n) is 4.38. The molecule has 4 aromatic rings. The van der Waals surface area contributed by atoms with E-state index in [1.54, 1.807) is 31.0 Å². The molecule has 0 saturated carbocycles. The van der Waals surface area contributed by atoms with Crippen LogP contribution in [0.5, 0.6) is 0 Å². The third kappa shape index (κ3) is 4.35. The number of carbonyl (C=O) groups is 2. The molecule has 1 fully saturated rings. The number of piperazine rings is 1. The second kappa shape index (κ2) is 9.33. The van der Waals surface area contributed by atoms with Gasteiger partial charge in [-0.25, -0.2) is 9.49 Å². The van der Waals surface area contributed by atoms with Crippen LogP contribution in [-0.2, 0) is 11.2 Å². The highest BCUT2D eigenvalue weighted by Crippen LogP contribution is 2.23. The summed E-state index contributed by atoms with van der Waals surface area (Å²) in [5.41, 5.74) is 3.78. The first-order valence-corrected chi connectivity index (χ1v) is 11.6. The first kappa shape index (κ1) is 23.3. The van der Waals surface area contributed by atoms with Crippen LogP contribution in [0.3, 0.4) is 0 Å². The summed E-state index contributed by atoms with van der Waals surface area (Å²) in [5.74, 6) is -1.45. The van der Waals surface area contributed by atoms with Gasteiger partial charge in [-0.1, -0.05) is 24.3 Å². The van der Waals surface area contributed by atoms with Gasteiger partial charge < -0.3 is 9.80 Å². The summed E-state index contributed by atoms with van der Waals surface area (Å²) in [6.07, 6.45) is 1.97. The number of aromatic amines is 1. The number of benzene rings is 2. The monoisotopic (exact) mass is 485 g/mol. The smallest absolute Gasteiger partial charge is 0.267 e. The Kier molecular flexibility index (Phi) is 6.05. The minimum Gasteiger partial charge on any atom is -0.327 e. The normalized spacial score (nSPS) is 13.9. The molecule has 36 heavy (non-hydrogen) atoms. The SMILES string of the molecule is Cc1c(Cc2ccc(F)c(C(=O)N3CCN(c4cnc5ccccc5c4)C(=O)C3)c2)n[nH]c(=O)c1C. The maximum absolute atomic E-state index is 14.7. The molecule has 0 unspecified atom stereocenters. The van der Waals surface area contributed by atoms with Gasteiger partial charge >= 0.3 is 0 Å². The lowest BCUT2D eigenvalue weighted by Crippen LogP contribution is -2.52. The van der Waals surface area contributed by atoms with E-state index in [4.69, 9.17) is 0 Å². The number of fused-ring (bicyclic) bond motifs is 1. The van der Waals surface area contributed by atoms with Crippen LogP contribution in [0.4, 0.5) is 10.1 Å².